The van der Waals surface area contributed by atoms with Gasteiger partial charge in [-0.2, -0.15) is 5.10 Å². The molecule has 0 fully saturated rings. The van der Waals surface area contributed by atoms with Crippen molar-refractivity contribution in [3.05, 3.63) is 41.5 Å². The highest BCUT2D eigenvalue weighted by Crippen LogP contribution is 2.20. The molecule has 0 saturated carbocycles. The Kier molecular flexibility index (Phi) is 4.02. The Hall–Kier alpha value is -2.37. The topological polar surface area (TPSA) is 80.0 Å². The van der Waals surface area contributed by atoms with Gasteiger partial charge >= 0.3 is 0 Å². The molecule has 0 spiro atoms. The van der Waals surface area contributed by atoms with Gasteiger partial charge in [0.05, 0.1) is 6.04 Å². The van der Waals surface area contributed by atoms with Gasteiger partial charge < -0.3 is 10.4 Å². The number of phenols is 1. The van der Waals surface area contributed by atoms with Gasteiger partial charge in [0.25, 0.3) is 5.91 Å². The van der Waals surface area contributed by atoms with Crippen LogP contribution in [-0.2, 0) is 6.54 Å². The summed E-state index contributed by atoms with van der Waals surface area (Å²) in [6.45, 7) is 6.22. The molecule has 2 aromatic rings. The van der Waals surface area contributed by atoms with Crippen molar-refractivity contribution in [3.63, 3.8) is 0 Å². The molecule has 2 N–H and O–H groups in total. The van der Waals surface area contributed by atoms with E-state index >= 15 is 0 Å². The molecule has 0 bridgehead atoms. The van der Waals surface area contributed by atoms with Crippen LogP contribution in [0, 0.1) is 6.92 Å². The Morgan fingerprint density at radius 3 is 2.95 bits per heavy atom. The molecule has 106 valence electrons. The van der Waals surface area contributed by atoms with E-state index in [0.29, 0.717) is 23.5 Å². The van der Waals surface area contributed by atoms with Crippen LogP contribution in [0.2, 0.25) is 0 Å². The predicted octanol–water partition coefficient (Wildman–Crippen LogP) is 1.80. The summed E-state index contributed by atoms with van der Waals surface area (Å²) < 4.78 is 1.74. The van der Waals surface area contributed by atoms with Gasteiger partial charge in [0, 0.05) is 17.7 Å². The molecule has 1 aromatic heterocycles. The number of amides is 1. The monoisotopic (exact) mass is 274 g/mol. The van der Waals surface area contributed by atoms with E-state index in [0.717, 1.165) is 0 Å². The summed E-state index contributed by atoms with van der Waals surface area (Å²) in [4.78, 5) is 16.4. The van der Waals surface area contributed by atoms with Gasteiger partial charge in [-0.1, -0.05) is 6.07 Å². The van der Waals surface area contributed by atoms with Crippen LogP contribution in [0.4, 0.5) is 0 Å². The van der Waals surface area contributed by atoms with E-state index in [9.17, 15) is 9.90 Å². The molecule has 1 aromatic carbocycles. The van der Waals surface area contributed by atoms with Crippen LogP contribution >= 0.6 is 0 Å². The first-order chi connectivity index (χ1) is 9.54. The van der Waals surface area contributed by atoms with E-state index in [1.54, 1.807) is 29.8 Å². The predicted molar refractivity (Wildman–Crippen MR) is 74.4 cm³/mol. The number of aromatic nitrogens is 3. The lowest BCUT2D eigenvalue weighted by Gasteiger charge is -2.15. The summed E-state index contributed by atoms with van der Waals surface area (Å²) in [5.41, 5.74) is 1.02. The zero-order valence-electron chi connectivity index (χ0n) is 11.8. The maximum absolute atomic E-state index is 12.2. The minimum absolute atomic E-state index is 0.113. The first-order valence-electron chi connectivity index (χ1n) is 6.51. The number of nitrogens with one attached hydrogen (secondary N) is 1. The first-order valence-corrected chi connectivity index (χ1v) is 6.51. The summed E-state index contributed by atoms with van der Waals surface area (Å²) in [6, 6.07) is 4.63. The third-order valence-corrected chi connectivity index (χ3v) is 3.23. The lowest BCUT2D eigenvalue weighted by atomic mass is 10.1. The van der Waals surface area contributed by atoms with Crippen molar-refractivity contribution >= 4 is 5.91 Å². The van der Waals surface area contributed by atoms with Crippen molar-refractivity contribution in [1.29, 1.82) is 0 Å². The molecule has 0 aliphatic carbocycles. The van der Waals surface area contributed by atoms with Gasteiger partial charge in [0.2, 0.25) is 0 Å². The lowest BCUT2D eigenvalue weighted by molar-refractivity contribution is 0.0936. The Balaban J connectivity index is 2.17. The minimum atomic E-state index is -0.258. The molecule has 0 aliphatic heterocycles. The molecular formula is C14H18N4O2. The normalized spacial score (nSPS) is 12.2. The van der Waals surface area contributed by atoms with Crippen LogP contribution in [-0.4, -0.2) is 25.8 Å². The standard InChI is InChI=1S/C14H18N4O2/c1-4-18-13(15-8-16-18)10(3)17-14(20)11-6-5-7-12(19)9(11)2/h5-8,10,19H,4H2,1-3H3,(H,17,20)/t10-/m1/s1. The number of rotatable bonds is 4. The highest BCUT2D eigenvalue weighted by molar-refractivity contribution is 5.96. The van der Waals surface area contributed by atoms with Crippen molar-refractivity contribution in [1.82, 2.24) is 20.1 Å². The number of nitrogens with zero attached hydrogens (tertiary/aromatic N) is 3. The third-order valence-electron chi connectivity index (χ3n) is 3.23. The maximum Gasteiger partial charge on any atom is 0.252 e. The van der Waals surface area contributed by atoms with E-state index in [-0.39, 0.29) is 17.7 Å². The molecular weight excluding hydrogens is 256 g/mol. The van der Waals surface area contributed by atoms with Crippen LogP contribution in [0.25, 0.3) is 0 Å². The minimum Gasteiger partial charge on any atom is -0.508 e. The molecule has 0 unspecified atom stereocenters. The highest BCUT2D eigenvalue weighted by Gasteiger charge is 2.18. The van der Waals surface area contributed by atoms with Crippen molar-refractivity contribution < 1.29 is 9.90 Å². The SMILES string of the molecule is CCn1ncnc1[C@@H](C)NC(=O)c1cccc(O)c1C. The zero-order chi connectivity index (χ0) is 14.7. The second kappa shape index (κ2) is 5.73. The molecule has 6 heteroatoms. The van der Waals surface area contributed by atoms with Crippen molar-refractivity contribution in [2.75, 3.05) is 0 Å². The second-order valence-electron chi connectivity index (χ2n) is 4.58. The van der Waals surface area contributed by atoms with Gasteiger partial charge in [0.1, 0.15) is 17.9 Å². The second-order valence-corrected chi connectivity index (χ2v) is 4.58. The van der Waals surface area contributed by atoms with Crippen molar-refractivity contribution in [3.8, 4) is 5.75 Å². The molecule has 0 aliphatic rings. The van der Waals surface area contributed by atoms with Gasteiger partial charge in [-0.3, -0.25) is 4.79 Å². The maximum atomic E-state index is 12.2. The molecule has 0 saturated heterocycles. The van der Waals surface area contributed by atoms with E-state index in [2.05, 4.69) is 15.4 Å². The Morgan fingerprint density at radius 2 is 2.25 bits per heavy atom. The fourth-order valence-corrected chi connectivity index (χ4v) is 2.06. The summed E-state index contributed by atoms with van der Waals surface area (Å²) in [7, 11) is 0. The van der Waals surface area contributed by atoms with E-state index in [4.69, 9.17) is 0 Å². The van der Waals surface area contributed by atoms with Crippen LogP contribution in [0.15, 0.2) is 24.5 Å². The molecule has 20 heavy (non-hydrogen) atoms. The fraction of sp³-hybridized carbons (Fsp3) is 0.357. The summed E-state index contributed by atoms with van der Waals surface area (Å²) in [5, 5.41) is 16.6. The number of benzene rings is 1. The number of hydrogen-bond acceptors (Lipinski definition) is 4. The number of aryl methyl sites for hydroxylation is 1. The quantitative estimate of drug-likeness (QED) is 0.891. The van der Waals surface area contributed by atoms with Crippen LogP contribution in [0.1, 0.15) is 41.6 Å². The Bertz CT molecular complexity index is 621. The summed E-state index contributed by atoms with van der Waals surface area (Å²) in [6.07, 6.45) is 1.47. The lowest BCUT2D eigenvalue weighted by Crippen LogP contribution is -2.29. The number of hydrogen-bond donors (Lipinski definition) is 2. The van der Waals surface area contributed by atoms with Gasteiger partial charge in [-0.05, 0) is 32.9 Å². The van der Waals surface area contributed by atoms with E-state index < -0.39 is 0 Å². The fourth-order valence-electron chi connectivity index (χ4n) is 2.06. The summed E-state index contributed by atoms with van der Waals surface area (Å²) >= 11 is 0. The average Bonchev–Trinajstić information content (AvgIpc) is 2.90. The number of carbonyl (C=O) groups is 1. The smallest absolute Gasteiger partial charge is 0.252 e. The number of carbonyl (C=O) groups excluding carboxylic acids is 1. The molecule has 1 heterocycles. The number of phenolic OH excluding ortho intramolecular Hbond substituents is 1. The first kappa shape index (κ1) is 14.0. The molecule has 1 amide bonds. The number of aromatic hydroxyl groups is 1. The molecule has 6 nitrogen and oxygen atoms in total. The molecule has 0 radical (unpaired) electrons. The van der Waals surface area contributed by atoms with Gasteiger partial charge in [-0.25, -0.2) is 9.67 Å². The average molecular weight is 274 g/mol. The van der Waals surface area contributed by atoms with Crippen LogP contribution < -0.4 is 5.32 Å². The van der Waals surface area contributed by atoms with Crippen molar-refractivity contribution in [2.45, 2.75) is 33.4 Å². The van der Waals surface area contributed by atoms with Crippen molar-refractivity contribution in [2.24, 2.45) is 0 Å². The molecule has 1 atom stereocenters. The third kappa shape index (κ3) is 2.64. The Labute approximate surface area is 117 Å². The van der Waals surface area contributed by atoms with E-state index in [1.165, 1.54) is 6.33 Å². The van der Waals surface area contributed by atoms with E-state index in [1.807, 2.05) is 13.8 Å². The Morgan fingerprint density at radius 1 is 1.50 bits per heavy atom. The van der Waals surface area contributed by atoms with Gasteiger partial charge in [-0.15, -0.1) is 0 Å². The van der Waals surface area contributed by atoms with Crippen LogP contribution in [0.5, 0.6) is 5.75 Å². The largest absolute Gasteiger partial charge is 0.508 e. The summed E-state index contributed by atoms with van der Waals surface area (Å²) in [5.74, 6) is 0.581. The van der Waals surface area contributed by atoms with Gasteiger partial charge in [0.15, 0.2) is 0 Å². The molecule has 2 rings (SSSR count). The zero-order valence-corrected chi connectivity index (χ0v) is 11.8. The van der Waals surface area contributed by atoms with Crippen LogP contribution in [0.3, 0.4) is 0 Å². The highest BCUT2D eigenvalue weighted by atomic mass is 16.3.